The monoisotopic (exact) mass is 470 g/mol. The number of amides is 1. The van der Waals surface area contributed by atoms with Gasteiger partial charge in [0.1, 0.15) is 11.6 Å². The Morgan fingerprint density at radius 1 is 1.12 bits per heavy atom. The summed E-state index contributed by atoms with van der Waals surface area (Å²) < 4.78 is 72.4. The first-order valence-electron chi connectivity index (χ1n) is 10.8. The van der Waals surface area contributed by atoms with E-state index in [4.69, 9.17) is 4.74 Å². The van der Waals surface area contributed by atoms with Crippen LogP contribution in [0.4, 0.5) is 22.0 Å². The number of ether oxygens (including phenoxy) is 1. The van der Waals surface area contributed by atoms with E-state index in [2.05, 4.69) is 0 Å². The summed E-state index contributed by atoms with van der Waals surface area (Å²) in [7, 11) is 0. The summed E-state index contributed by atoms with van der Waals surface area (Å²) in [4.78, 5) is 16.5. The molecule has 1 heterocycles. The van der Waals surface area contributed by atoms with Crippen molar-refractivity contribution in [3.05, 3.63) is 70.8 Å². The van der Waals surface area contributed by atoms with E-state index < -0.39 is 35.4 Å². The summed E-state index contributed by atoms with van der Waals surface area (Å²) in [5, 5.41) is 0. The number of hydrogen-bond donors (Lipinski definition) is 0. The highest BCUT2D eigenvalue weighted by molar-refractivity contribution is 5.94. The third-order valence-corrected chi connectivity index (χ3v) is 5.42. The number of carbonyl (C=O) groups is 1. The molecule has 2 aromatic carbocycles. The van der Waals surface area contributed by atoms with Crippen LogP contribution in [0.3, 0.4) is 0 Å². The maximum atomic E-state index is 14.0. The topological polar surface area (TPSA) is 32.8 Å². The van der Waals surface area contributed by atoms with E-state index in [0.717, 1.165) is 12.1 Å². The van der Waals surface area contributed by atoms with E-state index in [0.29, 0.717) is 26.2 Å². The van der Waals surface area contributed by atoms with E-state index in [9.17, 15) is 26.7 Å². The highest BCUT2D eigenvalue weighted by atomic mass is 19.4. The first-order valence-corrected chi connectivity index (χ1v) is 10.8. The highest BCUT2D eigenvalue weighted by Gasteiger charge is 2.31. The standard InChI is InChI=1S/C24H27F5N2O2/c1-16(2)12-31(23(32)17-6-8-18(9-7-17)24(27,28)29)14-19-13-30(10-11-33-19)15-20-21(25)4-3-5-22(20)26/h3-9,16,19H,10-15H2,1-2H3. The number of carbonyl (C=O) groups excluding carboxylic acids is 1. The molecule has 1 unspecified atom stereocenters. The summed E-state index contributed by atoms with van der Waals surface area (Å²) in [6.07, 6.45) is -4.87. The largest absolute Gasteiger partial charge is 0.416 e. The quantitative estimate of drug-likeness (QED) is 0.535. The van der Waals surface area contributed by atoms with Crippen LogP contribution in [-0.4, -0.2) is 54.6 Å². The average Bonchev–Trinajstić information content (AvgIpc) is 2.75. The normalized spacial score (nSPS) is 17.4. The second-order valence-electron chi connectivity index (χ2n) is 8.61. The molecule has 2 aromatic rings. The second-order valence-corrected chi connectivity index (χ2v) is 8.61. The van der Waals surface area contributed by atoms with Gasteiger partial charge in [-0.25, -0.2) is 8.78 Å². The smallest absolute Gasteiger partial charge is 0.374 e. The molecular weight excluding hydrogens is 443 g/mol. The molecule has 1 aliphatic heterocycles. The summed E-state index contributed by atoms with van der Waals surface area (Å²) in [5.74, 6) is -1.50. The lowest BCUT2D eigenvalue weighted by Gasteiger charge is -2.36. The number of hydrogen-bond acceptors (Lipinski definition) is 3. The van der Waals surface area contributed by atoms with Gasteiger partial charge < -0.3 is 9.64 Å². The molecule has 1 fully saturated rings. The van der Waals surface area contributed by atoms with Gasteiger partial charge in [-0.3, -0.25) is 9.69 Å². The van der Waals surface area contributed by atoms with Crippen molar-refractivity contribution in [3.8, 4) is 0 Å². The summed E-state index contributed by atoms with van der Waals surface area (Å²) in [5.41, 5.74) is -0.677. The zero-order chi connectivity index (χ0) is 24.2. The molecule has 3 rings (SSSR count). The Morgan fingerprint density at radius 2 is 1.76 bits per heavy atom. The van der Waals surface area contributed by atoms with Crippen LogP contribution >= 0.6 is 0 Å². The predicted octanol–water partition coefficient (Wildman–Crippen LogP) is 4.98. The molecule has 180 valence electrons. The summed E-state index contributed by atoms with van der Waals surface area (Å²) in [6, 6.07) is 7.87. The Labute approximate surface area is 189 Å². The number of morpholine rings is 1. The molecule has 1 saturated heterocycles. The lowest BCUT2D eigenvalue weighted by Crippen LogP contribution is -2.49. The Balaban J connectivity index is 1.69. The molecule has 33 heavy (non-hydrogen) atoms. The maximum absolute atomic E-state index is 14.0. The van der Waals surface area contributed by atoms with Gasteiger partial charge in [0.2, 0.25) is 0 Å². The van der Waals surface area contributed by atoms with Crippen LogP contribution < -0.4 is 0 Å². The van der Waals surface area contributed by atoms with Gasteiger partial charge in [0.25, 0.3) is 5.91 Å². The van der Waals surface area contributed by atoms with Crippen LogP contribution in [0.5, 0.6) is 0 Å². The molecule has 0 spiro atoms. The predicted molar refractivity (Wildman–Crippen MR) is 114 cm³/mol. The molecular formula is C24H27F5N2O2. The van der Waals surface area contributed by atoms with Gasteiger partial charge in [-0.2, -0.15) is 13.2 Å². The maximum Gasteiger partial charge on any atom is 0.416 e. The molecule has 1 aliphatic rings. The van der Waals surface area contributed by atoms with Gasteiger partial charge in [0.15, 0.2) is 0 Å². The minimum Gasteiger partial charge on any atom is -0.374 e. The van der Waals surface area contributed by atoms with Crippen molar-refractivity contribution in [2.75, 3.05) is 32.8 Å². The lowest BCUT2D eigenvalue weighted by molar-refractivity contribution is -0.137. The SMILES string of the molecule is CC(C)CN(CC1CN(Cc2c(F)cccc2F)CCO1)C(=O)c1ccc(C(F)(F)F)cc1. The number of nitrogens with zero attached hydrogens (tertiary/aromatic N) is 2. The minimum absolute atomic E-state index is 0.0157. The Bertz CT molecular complexity index is 927. The van der Waals surface area contributed by atoms with Crippen molar-refractivity contribution in [2.45, 2.75) is 32.7 Å². The van der Waals surface area contributed by atoms with E-state index in [1.54, 1.807) is 4.90 Å². The van der Waals surface area contributed by atoms with Crippen LogP contribution in [-0.2, 0) is 17.5 Å². The highest BCUT2D eigenvalue weighted by Crippen LogP contribution is 2.29. The minimum atomic E-state index is -4.48. The van der Waals surface area contributed by atoms with Gasteiger partial charge >= 0.3 is 6.18 Å². The molecule has 0 bridgehead atoms. The molecule has 9 heteroatoms. The van der Waals surface area contributed by atoms with E-state index in [1.807, 2.05) is 18.7 Å². The number of halogens is 5. The Hall–Kier alpha value is -2.52. The van der Waals surface area contributed by atoms with Crippen LogP contribution in [0, 0.1) is 17.6 Å². The van der Waals surface area contributed by atoms with Crippen molar-refractivity contribution in [1.82, 2.24) is 9.80 Å². The molecule has 0 radical (unpaired) electrons. The fourth-order valence-electron chi connectivity index (χ4n) is 3.85. The molecule has 0 aromatic heterocycles. The zero-order valence-corrected chi connectivity index (χ0v) is 18.5. The van der Waals surface area contributed by atoms with Crippen LogP contribution in [0.25, 0.3) is 0 Å². The van der Waals surface area contributed by atoms with Gasteiger partial charge in [-0.1, -0.05) is 19.9 Å². The fourth-order valence-corrected chi connectivity index (χ4v) is 3.85. The molecule has 0 aliphatic carbocycles. The zero-order valence-electron chi connectivity index (χ0n) is 18.5. The lowest BCUT2D eigenvalue weighted by atomic mass is 10.1. The fraction of sp³-hybridized carbons (Fsp3) is 0.458. The van der Waals surface area contributed by atoms with Crippen molar-refractivity contribution in [3.63, 3.8) is 0 Å². The van der Waals surface area contributed by atoms with Crippen LogP contribution in [0.2, 0.25) is 0 Å². The Morgan fingerprint density at radius 3 is 2.33 bits per heavy atom. The third-order valence-electron chi connectivity index (χ3n) is 5.42. The number of rotatable bonds is 7. The summed E-state index contributed by atoms with van der Waals surface area (Å²) >= 11 is 0. The molecule has 1 amide bonds. The first-order chi connectivity index (χ1) is 15.5. The second kappa shape index (κ2) is 10.6. The molecule has 1 atom stereocenters. The van der Waals surface area contributed by atoms with E-state index >= 15 is 0 Å². The van der Waals surface area contributed by atoms with Gasteiger partial charge in [-0.05, 0) is 42.3 Å². The molecule has 4 nitrogen and oxygen atoms in total. The molecule has 0 saturated carbocycles. The first kappa shape index (κ1) is 25.1. The van der Waals surface area contributed by atoms with Crippen LogP contribution in [0.15, 0.2) is 42.5 Å². The number of benzene rings is 2. The van der Waals surface area contributed by atoms with Crippen molar-refractivity contribution >= 4 is 5.91 Å². The van der Waals surface area contributed by atoms with E-state index in [-0.39, 0.29) is 30.1 Å². The summed E-state index contributed by atoms with van der Waals surface area (Å²) in [6.45, 7) is 5.74. The molecule has 0 N–H and O–H groups in total. The van der Waals surface area contributed by atoms with Crippen molar-refractivity contribution in [1.29, 1.82) is 0 Å². The van der Waals surface area contributed by atoms with Gasteiger partial charge in [0.05, 0.1) is 18.3 Å². The van der Waals surface area contributed by atoms with Crippen molar-refractivity contribution in [2.24, 2.45) is 5.92 Å². The van der Waals surface area contributed by atoms with Crippen molar-refractivity contribution < 1.29 is 31.5 Å². The van der Waals surface area contributed by atoms with Crippen LogP contribution in [0.1, 0.15) is 35.3 Å². The van der Waals surface area contributed by atoms with Gasteiger partial charge in [0, 0.05) is 43.9 Å². The third kappa shape index (κ3) is 6.74. The number of alkyl halides is 3. The van der Waals surface area contributed by atoms with E-state index in [1.165, 1.54) is 30.3 Å². The average molecular weight is 470 g/mol. The Kier molecular flexibility index (Phi) is 8.07. The van der Waals surface area contributed by atoms with Gasteiger partial charge in [-0.15, -0.1) is 0 Å².